The SMILES string of the molecule is CCCCn1nnnc1COC(=O)CCCNc1ccccc1[N+](=O)[O-]. The third-order valence-corrected chi connectivity index (χ3v) is 3.67. The molecule has 1 aromatic heterocycles. The van der Waals surface area contributed by atoms with Crippen LogP contribution in [0.25, 0.3) is 0 Å². The number of hydrogen-bond donors (Lipinski definition) is 1. The number of para-hydroxylation sites is 2. The number of ether oxygens (including phenoxy) is 1. The Morgan fingerprint density at radius 1 is 1.35 bits per heavy atom. The van der Waals surface area contributed by atoms with E-state index in [9.17, 15) is 14.9 Å². The monoisotopic (exact) mass is 362 g/mol. The first kappa shape index (κ1) is 19.3. The van der Waals surface area contributed by atoms with Crippen molar-refractivity contribution in [1.29, 1.82) is 0 Å². The van der Waals surface area contributed by atoms with Gasteiger partial charge in [-0.05, 0) is 29.3 Å². The number of nitro groups is 1. The minimum Gasteiger partial charge on any atom is -0.457 e. The van der Waals surface area contributed by atoms with E-state index in [4.69, 9.17) is 4.74 Å². The number of nitro benzene ring substituents is 1. The maximum absolute atomic E-state index is 11.8. The molecule has 0 aliphatic carbocycles. The van der Waals surface area contributed by atoms with Crippen LogP contribution >= 0.6 is 0 Å². The fourth-order valence-corrected chi connectivity index (χ4v) is 2.26. The summed E-state index contributed by atoms with van der Waals surface area (Å²) in [7, 11) is 0. The Hall–Kier alpha value is -3.04. The Bertz CT molecular complexity index is 733. The van der Waals surface area contributed by atoms with E-state index in [1.165, 1.54) is 6.07 Å². The van der Waals surface area contributed by atoms with Crippen LogP contribution in [0, 0.1) is 10.1 Å². The van der Waals surface area contributed by atoms with Crippen molar-refractivity contribution in [3.05, 3.63) is 40.2 Å². The smallest absolute Gasteiger partial charge is 0.306 e. The maximum atomic E-state index is 11.8. The minimum absolute atomic E-state index is 0.00833. The predicted molar refractivity (Wildman–Crippen MR) is 93.3 cm³/mol. The van der Waals surface area contributed by atoms with E-state index in [0.29, 0.717) is 31.0 Å². The summed E-state index contributed by atoms with van der Waals surface area (Å²) in [6.07, 6.45) is 2.66. The summed E-state index contributed by atoms with van der Waals surface area (Å²) in [5, 5.41) is 25.2. The molecule has 10 nitrogen and oxygen atoms in total. The highest BCUT2D eigenvalue weighted by Crippen LogP contribution is 2.22. The van der Waals surface area contributed by atoms with Gasteiger partial charge in [-0.15, -0.1) is 5.10 Å². The fourth-order valence-electron chi connectivity index (χ4n) is 2.26. The Labute approximate surface area is 150 Å². The summed E-state index contributed by atoms with van der Waals surface area (Å²) in [5.41, 5.74) is 0.440. The van der Waals surface area contributed by atoms with Crippen molar-refractivity contribution in [2.24, 2.45) is 0 Å². The van der Waals surface area contributed by atoms with Crippen molar-refractivity contribution in [3.8, 4) is 0 Å². The molecule has 1 N–H and O–H groups in total. The molecule has 0 spiro atoms. The molecule has 0 fully saturated rings. The third-order valence-electron chi connectivity index (χ3n) is 3.67. The van der Waals surface area contributed by atoms with Crippen LogP contribution in [-0.4, -0.2) is 37.6 Å². The molecule has 0 radical (unpaired) electrons. The van der Waals surface area contributed by atoms with Crippen LogP contribution in [0.3, 0.4) is 0 Å². The summed E-state index contributed by atoms with van der Waals surface area (Å²) in [4.78, 5) is 22.3. The van der Waals surface area contributed by atoms with Crippen LogP contribution in [0.1, 0.15) is 38.4 Å². The number of carbonyl (C=O) groups is 1. The highest BCUT2D eigenvalue weighted by molar-refractivity contribution is 5.69. The predicted octanol–water partition coefficient (Wildman–Crippen LogP) is 2.32. The largest absolute Gasteiger partial charge is 0.457 e. The molecule has 0 atom stereocenters. The van der Waals surface area contributed by atoms with E-state index in [1.807, 2.05) is 0 Å². The van der Waals surface area contributed by atoms with Crippen molar-refractivity contribution < 1.29 is 14.5 Å². The molecule has 0 aliphatic heterocycles. The van der Waals surface area contributed by atoms with Crippen LogP contribution in [0.4, 0.5) is 11.4 Å². The first-order valence-electron chi connectivity index (χ1n) is 8.49. The number of aryl methyl sites for hydroxylation is 1. The van der Waals surface area contributed by atoms with Crippen molar-refractivity contribution in [1.82, 2.24) is 20.2 Å². The van der Waals surface area contributed by atoms with Gasteiger partial charge in [0.1, 0.15) is 5.69 Å². The zero-order valence-electron chi connectivity index (χ0n) is 14.6. The number of esters is 1. The van der Waals surface area contributed by atoms with Crippen LogP contribution < -0.4 is 5.32 Å². The van der Waals surface area contributed by atoms with Gasteiger partial charge in [-0.3, -0.25) is 14.9 Å². The van der Waals surface area contributed by atoms with Crippen molar-refractivity contribution in [2.45, 2.75) is 45.8 Å². The summed E-state index contributed by atoms with van der Waals surface area (Å²) in [5.74, 6) is 0.157. The lowest BCUT2D eigenvalue weighted by atomic mass is 10.2. The Morgan fingerprint density at radius 2 is 2.15 bits per heavy atom. The van der Waals surface area contributed by atoms with Gasteiger partial charge in [-0.2, -0.15) is 0 Å². The van der Waals surface area contributed by atoms with Gasteiger partial charge in [0.05, 0.1) is 4.92 Å². The number of rotatable bonds is 11. The van der Waals surface area contributed by atoms with Crippen LogP contribution in [-0.2, 0) is 22.7 Å². The molecule has 2 rings (SSSR count). The topological polar surface area (TPSA) is 125 Å². The molecule has 0 unspecified atom stereocenters. The molecule has 0 bridgehead atoms. The average molecular weight is 362 g/mol. The van der Waals surface area contributed by atoms with Gasteiger partial charge in [0, 0.05) is 25.6 Å². The van der Waals surface area contributed by atoms with E-state index in [0.717, 1.165) is 12.8 Å². The van der Waals surface area contributed by atoms with Gasteiger partial charge in [-0.25, -0.2) is 4.68 Å². The number of benzene rings is 1. The second-order valence-corrected chi connectivity index (χ2v) is 5.64. The Kier molecular flexibility index (Phi) is 7.47. The zero-order valence-corrected chi connectivity index (χ0v) is 14.6. The molecule has 0 aliphatic rings. The van der Waals surface area contributed by atoms with Gasteiger partial charge in [-0.1, -0.05) is 25.5 Å². The lowest BCUT2D eigenvalue weighted by Gasteiger charge is -2.07. The number of nitrogens with zero attached hydrogens (tertiary/aromatic N) is 5. The van der Waals surface area contributed by atoms with Gasteiger partial charge in [0.15, 0.2) is 12.4 Å². The maximum Gasteiger partial charge on any atom is 0.306 e. The highest BCUT2D eigenvalue weighted by atomic mass is 16.6. The molecular weight excluding hydrogens is 340 g/mol. The van der Waals surface area contributed by atoms with Gasteiger partial charge in [0.2, 0.25) is 0 Å². The lowest BCUT2D eigenvalue weighted by Crippen LogP contribution is -2.12. The number of anilines is 1. The molecular formula is C16H22N6O4. The van der Waals surface area contributed by atoms with Crippen LogP contribution in [0.5, 0.6) is 0 Å². The molecule has 1 heterocycles. The Balaban J connectivity index is 1.70. The minimum atomic E-state index is -0.445. The second-order valence-electron chi connectivity index (χ2n) is 5.64. The number of aromatic nitrogens is 4. The third kappa shape index (κ3) is 5.80. The van der Waals surface area contributed by atoms with E-state index in [2.05, 4.69) is 27.8 Å². The highest BCUT2D eigenvalue weighted by Gasteiger charge is 2.12. The number of unbranched alkanes of at least 4 members (excludes halogenated alkanes) is 1. The summed E-state index contributed by atoms with van der Waals surface area (Å²) >= 11 is 0. The number of hydrogen-bond acceptors (Lipinski definition) is 8. The van der Waals surface area contributed by atoms with Crippen molar-refractivity contribution in [2.75, 3.05) is 11.9 Å². The molecule has 0 saturated carbocycles. The molecule has 1 aromatic carbocycles. The molecule has 140 valence electrons. The summed E-state index contributed by atoms with van der Waals surface area (Å²) in [6, 6.07) is 6.38. The number of nitrogens with one attached hydrogen (secondary N) is 1. The van der Waals surface area contributed by atoms with Crippen molar-refractivity contribution >= 4 is 17.3 Å². The normalized spacial score (nSPS) is 10.5. The van der Waals surface area contributed by atoms with Gasteiger partial charge in [0.25, 0.3) is 5.69 Å². The second kappa shape index (κ2) is 10.1. The molecule has 2 aromatic rings. The molecule has 10 heteroatoms. The number of tetrazole rings is 1. The van der Waals surface area contributed by atoms with Crippen LogP contribution in [0.2, 0.25) is 0 Å². The van der Waals surface area contributed by atoms with E-state index in [1.54, 1.807) is 22.9 Å². The van der Waals surface area contributed by atoms with Gasteiger partial charge < -0.3 is 10.1 Å². The molecule has 0 saturated heterocycles. The van der Waals surface area contributed by atoms with E-state index in [-0.39, 0.29) is 24.7 Å². The van der Waals surface area contributed by atoms with Crippen molar-refractivity contribution in [3.63, 3.8) is 0 Å². The zero-order chi connectivity index (χ0) is 18.8. The van der Waals surface area contributed by atoms with Crippen LogP contribution in [0.15, 0.2) is 24.3 Å². The van der Waals surface area contributed by atoms with Gasteiger partial charge >= 0.3 is 5.97 Å². The first-order chi connectivity index (χ1) is 12.6. The fraction of sp³-hybridized carbons (Fsp3) is 0.500. The molecule has 0 amide bonds. The number of carbonyl (C=O) groups excluding carboxylic acids is 1. The standard InChI is InChI=1S/C16H22N6O4/c1-2-3-11-21-15(18-19-20-21)12-26-16(23)9-6-10-17-13-7-4-5-8-14(13)22(24)25/h4-5,7-8,17H,2-3,6,9-12H2,1H3. The molecule has 26 heavy (non-hydrogen) atoms. The average Bonchev–Trinajstić information content (AvgIpc) is 3.09. The summed E-state index contributed by atoms with van der Waals surface area (Å²) in [6.45, 7) is 3.22. The Morgan fingerprint density at radius 3 is 2.92 bits per heavy atom. The first-order valence-corrected chi connectivity index (χ1v) is 8.49. The quantitative estimate of drug-likeness (QED) is 0.279. The van der Waals surface area contributed by atoms with E-state index < -0.39 is 4.92 Å². The lowest BCUT2D eigenvalue weighted by molar-refractivity contribution is -0.384. The van der Waals surface area contributed by atoms with E-state index >= 15 is 0 Å². The summed E-state index contributed by atoms with van der Waals surface area (Å²) < 4.78 is 6.81.